The molecule has 0 aromatic carbocycles. The smallest absolute Gasteiger partial charge is 0.0701 e. The highest BCUT2D eigenvalue weighted by molar-refractivity contribution is 4.44. The van der Waals surface area contributed by atoms with Crippen molar-refractivity contribution in [2.75, 3.05) is 39.6 Å². The summed E-state index contributed by atoms with van der Waals surface area (Å²) in [5.41, 5.74) is 0. The van der Waals surface area contributed by atoms with E-state index >= 15 is 0 Å². The number of rotatable bonds is 15. The number of hydrogen-bond acceptors (Lipinski definition) is 3. The van der Waals surface area contributed by atoms with E-state index < -0.39 is 0 Å². The summed E-state index contributed by atoms with van der Waals surface area (Å²) in [5.74, 6) is 0. The lowest BCUT2D eigenvalue weighted by Gasteiger charge is -2.06. The molecule has 0 atom stereocenters. The van der Waals surface area contributed by atoms with Crippen LogP contribution in [0.1, 0.15) is 51.9 Å². The van der Waals surface area contributed by atoms with E-state index in [0.29, 0.717) is 33.0 Å². The van der Waals surface area contributed by atoms with E-state index in [-0.39, 0.29) is 0 Å². The van der Waals surface area contributed by atoms with Gasteiger partial charge in [-0.1, -0.05) is 45.4 Å². The van der Waals surface area contributed by atoms with Gasteiger partial charge < -0.3 is 14.2 Å². The van der Waals surface area contributed by atoms with E-state index in [2.05, 4.69) is 13.8 Å². The molecule has 0 rings (SSSR count). The molecule has 0 aromatic heterocycles. The Kier molecular flexibility index (Phi) is 16.8. The third-order valence-corrected chi connectivity index (χ3v) is 2.78. The van der Waals surface area contributed by atoms with Gasteiger partial charge in [0.1, 0.15) is 0 Å². The van der Waals surface area contributed by atoms with Gasteiger partial charge in [-0.2, -0.15) is 0 Å². The highest BCUT2D eigenvalue weighted by Gasteiger charge is 1.92. The van der Waals surface area contributed by atoms with Crippen LogP contribution >= 0.6 is 0 Å². The molecule has 3 nitrogen and oxygen atoms in total. The summed E-state index contributed by atoms with van der Waals surface area (Å²) in [4.78, 5) is 0. The molecule has 109 valence electrons. The molecule has 0 spiro atoms. The van der Waals surface area contributed by atoms with Crippen LogP contribution < -0.4 is 0 Å². The first kappa shape index (κ1) is 17.9. The molecule has 0 aliphatic heterocycles. The van der Waals surface area contributed by atoms with Gasteiger partial charge in [0, 0.05) is 13.2 Å². The maximum absolute atomic E-state index is 5.49. The minimum atomic E-state index is 0.512. The molecule has 0 amide bonds. The quantitative estimate of drug-likeness (QED) is 0.420. The van der Waals surface area contributed by atoms with Crippen molar-refractivity contribution in [2.45, 2.75) is 51.9 Å². The van der Waals surface area contributed by atoms with Crippen LogP contribution in [-0.4, -0.2) is 39.6 Å². The van der Waals surface area contributed by atoms with Crippen LogP contribution in [0.4, 0.5) is 0 Å². The van der Waals surface area contributed by atoms with Gasteiger partial charge in [-0.05, 0) is 13.3 Å². The highest BCUT2D eigenvalue weighted by Crippen LogP contribution is 2.06. The van der Waals surface area contributed by atoms with Crippen LogP contribution in [-0.2, 0) is 14.2 Å². The second-order valence-electron chi connectivity index (χ2n) is 4.46. The van der Waals surface area contributed by atoms with Crippen LogP contribution in [0.15, 0.2) is 0 Å². The van der Waals surface area contributed by atoms with Crippen molar-refractivity contribution in [3.05, 3.63) is 6.92 Å². The lowest BCUT2D eigenvalue weighted by Crippen LogP contribution is -2.09. The molecular weight excluding hydrogens is 228 g/mol. The Bertz CT molecular complexity index is 124. The monoisotopic (exact) mass is 259 g/mol. The summed E-state index contributed by atoms with van der Waals surface area (Å²) in [5, 5.41) is 0. The Morgan fingerprint density at radius 3 is 1.72 bits per heavy atom. The number of ether oxygens (including phenoxy) is 3. The summed E-state index contributed by atoms with van der Waals surface area (Å²) in [6.07, 6.45) is 9.29. The van der Waals surface area contributed by atoms with Gasteiger partial charge >= 0.3 is 0 Å². The molecule has 0 aromatic rings. The maximum atomic E-state index is 5.49. The van der Waals surface area contributed by atoms with E-state index in [1.54, 1.807) is 0 Å². The third-order valence-electron chi connectivity index (χ3n) is 2.78. The van der Waals surface area contributed by atoms with Crippen molar-refractivity contribution < 1.29 is 14.2 Å². The highest BCUT2D eigenvalue weighted by atomic mass is 16.5. The topological polar surface area (TPSA) is 27.7 Å². The summed E-state index contributed by atoms with van der Waals surface area (Å²) in [6, 6.07) is 0. The van der Waals surface area contributed by atoms with Crippen molar-refractivity contribution >= 4 is 0 Å². The summed E-state index contributed by atoms with van der Waals surface area (Å²) >= 11 is 0. The number of hydrogen-bond donors (Lipinski definition) is 0. The maximum Gasteiger partial charge on any atom is 0.0701 e. The van der Waals surface area contributed by atoms with E-state index in [1.807, 2.05) is 0 Å². The van der Waals surface area contributed by atoms with Crippen molar-refractivity contribution in [1.29, 1.82) is 0 Å². The minimum Gasteiger partial charge on any atom is -0.379 e. The standard InChI is InChI=1S/C15H31O3/c1-3-5-6-7-8-9-10-11-17-14-15-18-13-12-16-4-2/h2-15H2,1H3. The molecule has 3 heteroatoms. The summed E-state index contributed by atoms with van der Waals surface area (Å²) < 4.78 is 15.9. The lowest BCUT2D eigenvalue weighted by molar-refractivity contribution is 0.0185. The van der Waals surface area contributed by atoms with Crippen LogP contribution in [0.25, 0.3) is 0 Å². The SMILES string of the molecule is [CH2]COCCOCCOCCCCCCCCC. The van der Waals surface area contributed by atoms with E-state index in [1.165, 1.54) is 44.9 Å². The first-order valence-electron chi connectivity index (χ1n) is 7.44. The van der Waals surface area contributed by atoms with Gasteiger partial charge in [0.25, 0.3) is 0 Å². The predicted octanol–water partition coefficient (Wildman–Crippen LogP) is 3.62. The Labute approximate surface area is 113 Å². The second-order valence-corrected chi connectivity index (χ2v) is 4.46. The summed E-state index contributed by atoms with van der Waals surface area (Å²) in [6.45, 7) is 9.83. The third kappa shape index (κ3) is 15.9. The van der Waals surface area contributed by atoms with Crippen molar-refractivity contribution in [1.82, 2.24) is 0 Å². The fourth-order valence-corrected chi connectivity index (χ4v) is 1.70. The molecule has 0 saturated carbocycles. The van der Waals surface area contributed by atoms with Crippen molar-refractivity contribution in [3.8, 4) is 0 Å². The average molecular weight is 259 g/mol. The Balaban J connectivity index is 2.86. The first-order valence-corrected chi connectivity index (χ1v) is 7.44. The molecule has 0 heterocycles. The predicted molar refractivity (Wildman–Crippen MR) is 75.8 cm³/mol. The van der Waals surface area contributed by atoms with Crippen LogP contribution in [0.5, 0.6) is 0 Å². The molecule has 0 unspecified atom stereocenters. The molecule has 18 heavy (non-hydrogen) atoms. The molecule has 0 fully saturated rings. The fourth-order valence-electron chi connectivity index (χ4n) is 1.70. The normalized spacial score (nSPS) is 11.0. The zero-order chi connectivity index (χ0) is 13.3. The minimum absolute atomic E-state index is 0.512. The van der Waals surface area contributed by atoms with Gasteiger partial charge in [-0.15, -0.1) is 0 Å². The number of unbranched alkanes of at least 4 members (excludes halogenated alkanes) is 6. The van der Waals surface area contributed by atoms with Crippen LogP contribution in [0, 0.1) is 6.92 Å². The molecule has 0 bridgehead atoms. The molecule has 0 aliphatic rings. The van der Waals surface area contributed by atoms with Crippen LogP contribution in [0.2, 0.25) is 0 Å². The van der Waals surface area contributed by atoms with Gasteiger partial charge in [0.2, 0.25) is 0 Å². The largest absolute Gasteiger partial charge is 0.379 e. The Hall–Kier alpha value is -0.120. The zero-order valence-corrected chi connectivity index (χ0v) is 12.1. The fraction of sp³-hybridized carbons (Fsp3) is 0.933. The molecule has 0 N–H and O–H groups in total. The van der Waals surface area contributed by atoms with E-state index in [0.717, 1.165) is 6.61 Å². The van der Waals surface area contributed by atoms with Crippen molar-refractivity contribution in [3.63, 3.8) is 0 Å². The second kappa shape index (κ2) is 16.9. The molecular formula is C15H31O3. The molecule has 0 aliphatic carbocycles. The van der Waals surface area contributed by atoms with Crippen LogP contribution in [0.3, 0.4) is 0 Å². The van der Waals surface area contributed by atoms with Gasteiger partial charge in [-0.3, -0.25) is 0 Å². The van der Waals surface area contributed by atoms with Crippen molar-refractivity contribution in [2.24, 2.45) is 0 Å². The van der Waals surface area contributed by atoms with E-state index in [9.17, 15) is 0 Å². The summed E-state index contributed by atoms with van der Waals surface area (Å²) in [7, 11) is 0. The Morgan fingerprint density at radius 1 is 0.611 bits per heavy atom. The van der Waals surface area contributed by atoms with Gasteiger partial charge in [0.15, 0.2) is 0 Å². The first-order chi connectivity index (χ1) is 8.91. The average Bonchev–Trinajstić information content (AvgIpc) is 2.39. The molecule has 0 saturated heterocycles. The van der Waals surface area contributed by atoms with Gasteiger partial charge in [-0.25, -0.2) is 0 Å². The zero-order valence-electron chi connectivity index (χ0n) is 12.1. The van der Waals surface area contributed by atoms with Gasteiger partial charge in [0.05, 0.1) is 26.4 Å². The lowest BCUT2D eigenvalue weighted by atomic mass is 10.1. The molecule has 1 radical (unpaired) electrons. The van der Waals surface area contributed by atoms with E-state index in [4.69, 9.17) is 14.2 Å². The Morgan fingerprint density at radius 2 is 1.11 bits per heavy atom.